The average Bonchev–Trinajstić information content (AvgIpc) is 2.69. The first-order valence-electron chi connectivity index (χ1n) is 4.87. The van der Waals surface area contributed by atoms with Gasteiger partial charge in [0.2, 0.25) is 0 Å². The summed E-state index contributed by atoms with van der Waals surface area (Å²) >= 11 is 6.15. The van der Waals surface area contributed by atoms with Gasteiger partial charge in [0.05, 0.1) is 0 Å². The maximum absolute atomic E-state index is 6.15. The van der Waals surface area contributed by atoms with Crippen molar-refractivity contribution in [2.45, 2.75) is 13.0 Å². The van der Waals surface area contributed by atoms with Crippen LogP contribution in [0.5, 0.6) is 0 Å². The van der Waals surface area contributed by atoms with Gasteiger partial charge >= 0.3 is 0 Å². The van der Waals surface area contributed by atoms with Crippen molar-refractivity contribution >= 4 is 11.6 Å². The topological polar surface area (TPSA) is 41.8 Å². The molecule has 0 aliphatic carbocycles. The highest BCUT2D eigenvalue weighted by Gasteiger charge is 2.07. The standard InChI is InChI=1S/C12H13ClN2/c1-8(14)10-5-4-9(7-11(10)13)12-3-2-6-15-12/h2-8,15H,14H2,1H3. The highest BCUT2D eigenvalue weighted by atomic mass is 35.5. The van der Waals surface area contributed by atoms with Gasteiger partial charge < -0.3 is 10.7 Å². The molecule has 0 amide bonds. The van der Waals surface area contributed by atoms with Crippen LogP contribution in [0.25, 0.3) is 11.3 Å². The van der Waals surface area contributed by atoms with Crippen LogP contribution in [-0.4, -0.2) is 4.98 Å². The van der Waals surface area contributed by atoms with Gasteiger partial charge in [-0.3, -0.25) is 0 Å². The van der Waals surface area contributed by atoms with Crippen LogP contribution in [0.2, 0.25) is 5.02 Å². The Kier molecular flexibility index (Phi) is 2.80. The minimum atomic E-state index is -0.0322. The molecule has 0 aliphatic rings. The molecule has 0 spiro atoms. The minimum absolute atomic E-state index is 0.0322. The number of nitrogens with one attached hydrogen (secondary N) is 1. The molecule has 2 nitrogen and oxygen atoms in total. The van der Waals surface area contributed by atoms with Crippen LogP contribution in [0, 0.1) is 0 Å². The Morgan fingerprint density at radius 1 is 1.33 bits per heavy atom. The molecule has 2 aromatic rings. The van der Waals surface area contributed by atoms with E-state index in [2.05, 4.69) is 4.98 Å². The summed E-state index contributed by atoms with van der Waals surface area (Å²) in [6, 6.07) is 9.88. The third-order valence-electron chi connectivity index (χ3n) is 2.40. The zero-order valence-corrected chi connectivity index (χ0v) is 9.25. The van der Waals surface area contributed by atoms with Crippen molar-refractivity contribution in [3.8, 4) is 11.3 Å². The number of rotatable bonds is 2. The van der Waals surface area contributed by atoms with Gasteiger partial charge in [-0.25, -0.2) is 0 Å². The number of aromatic nitrogens is 1. The Morgan fingerprint density at radius 3 is 2.67 bits per heavy atom. The van der Waals surface area contributed by atoms with E-state index in [1.807, 2.05) is 43.5 Å². The van der Waals surface area contributed by atoms with Crippen LogP contribution < -0.4 is 5.73 Å². The Morgan fingerprint density at radius 2 is 2.13 bits per heavy atom. The van der Waals surface area contributed by atoms with E-state index in [0.717, 1.165) is 21.8 Å². The third-order valence-corrected chi connectivity index (χ3v) is 2.73. The van der Waals surface area contributed by atoms with Crippen molar-refractivity contribution in [1.29, 1.82) is 0 Å². The first kappa shape index (κ1) is 10.3. The third kappa shape index (κ3) is 2.06. The summed E-state index contributed by atoms with van der Waals surface area (Å²) in [5.41, 5.74) is 8.91. The fourth-order valence-electron chi connectivity index (χ4n) is 1.57. The zero-order chi connectivity index (χ0) is 10.8. The van der Waals surface area contributed by atoms with E-state index < -0.39 is 0 Å². The second-order valence-corrected chi connectivity index (χ2v) is 4.02. The Bertz CT molecular complexity index is 447. The van der Waals surface area contributed by atoms with Crippen molar-refractivity contribution in [1.82, 2.24) is 4.98 Å². The molecule has 1 atom stereocenters. The van der Waals surface area contributed by atoms with Crippen LogP contribution >= 0.6 is 11.6 Å². The van der Waals surface area contributed by atoms with Crippen molar-refractivity contribution in [2.24, 2.45) is 5.73 Å². The molecule has 0 saturated heterocycles. The molecule has 0 bridgehead atoms. The number of hydrogen-bond acceptors (Lipinski definition) is 1. The van der Waals surface area contributed by atoms with Crippen molar-refractivity contribution in [2.75, 3.05) is 0 Å². The molecule has 0 fully saturated rings. The highest BCUT2D eigenvalue weighted by molar-refractivity contribution is 6.31. The number of halogens is 1. The molecule has 1 unspecified atom stereocenters. The molecule has 0 saturated carbocycles. The molecule has 2 rings (SSSR count). The maximum Gasteiger partial charge on any atom is 0.0460 e. The predicted molar refractivity (Wildman–Crippen MR) is 63.8 cm³/mol. The molecule has 1 aromatic heterocycles. The quantitative estimate of drug-likeness (QED) is 0.801. The average molecular weight is 221 g/mol. The fourth-order valence-corrected chi connectivity index (χ4v) is 1.93. The molecule has 0 aliphatic heterocycles. The second-order valence-electron chi connectivity index (χ2n) is 3.61. The molecule has 1 aromatic carbocycles. The lowest BCUT2D eigenvalue weighted by atomic mass is 10.1. The number of hydrogen-bond donors (Lipinski definition) is 2. The monoisotopic (exact) mass is 220 g/mol. The van der Waals surface area contributed by atoms with Gasteiger partial charge in [-0.2, -0.15) is 0 Å². The minimum Gasteiger partial charge on any atom is -0.361 e. The van der Waals surface area contributed by atoms with Gasteiger partial charge in [-0.15, -0.1) is 0 Å². The van der Waals surface area contributed by atoms with Crippen molar-refractivity contribution in [3.63, 3.8) is 0 Å². The van der Waals surface area contributed by atoms with E-state index in [9.17, 15) is 0 Å². The molecule has 3 N–H and O–H groups in total. The smallest absolute Gasteiger partial charge is 0.0460 e. The van der Waals surface area contributed by atoms with E-state index in [0.29, 0.717) is 0 Å². The first-order valence-corrected chi connectivity index (χ1v) is 5.25. The van der Waals surface area contributed by atoms with Gasteiger partial charge in [0.15, 0.2) is 0 Å². The summed E-state index contributed by atoms with van der Waals surface area (Å²) in [4.78, 5) is 3.14. The molecule has 0 radical (unpaired) electrons. The number of benzene rings is 1. The lowest BCUT2D eigenvalue weighted by molar-refractivity contribution is 0.819. The molecule has 1 heterocycles. The lowest BCUT2D eigenvalue weighted by Crippen LogP contribution is -2.05. The van der Waals surface area contributed by atoms with Crippen LogP contribution in [0.4, 0.5) is 0 Å². The van der Waals surface area contributed by atoms with Gasteiger partial charge in [0, 0.05) is 23.0 Å². The largest absolute Gasteiger partial charge is 0.361 e. The van der Waals surface area contributed by atoms with Gasteiger partial charge in [-0.05, 0) is 36.2 Å². The fraction of sp³-hybridized carbons (Fsp3) is 0.167. The van der Waals surface area contributed by atoms with E-state index in [4.69, 9.17) is 17.3 Å². The zero-order valence-electron chi connectivity index (χ0n) is 8.50. The number of nitrogens with two attached hydrogens (primary N) is 1. The Labute approximate surface area is 94.1 Å². The number of aromatic amines is 1. The normalized spacial score (nSPS) is 12.7. The van der Waals surface area contributed by atoms with Crippen LogP contribution in [0.3, 0.4) is 0 Å². The van der Waals surface area contributed by atoms with Gasteiger partial charge in [0.1, 0.15) is 0 Å². The lowest BCUT2D eigenvalue weighted by Gasteiger charge is -2.09. The number of H-pyrrole nitrogens is 1. The van der Waals surface area contributed by atoms with Gasteiger partial charge in [0.25, 0.3) is 0 Å². The molecule has 78 valence electrons. The first-order chi connectivity index (χ1) is 7.18. The molecular weight excluding hydrogens is 208 g/mol. The van der Waals surface area contributed by atoms with E-state index in [-0.39, 0.29) is 6.04 Å². The van der Waals surface area contributed by atoms with Gasteiger partial charge in [-0.1, -0.05) is 23.7 Å². The van der Waals surface area contributed by atoms with E-state index in [1.54, 1.807) is 0 Å². The summed E-state index contributed by atoms with van der Waals surface area (Å²) < 4.78 is 0. The summed E-state index contributed by atoms with van der Waals surface area (Å²) in [5.74, 6) is 0. The highest BCUT2D eigenvalue weighted by Crippen LogP contribution is 2.27. The van der Waals surface area contributed by atoms with Crippen molar-refractivity contribution < 1.29 is 0 Å². The predicted octanol–water partition coefficient (Wildman–Crippen LogP) is 3.35. The molecular formula is C12H13ClN2. The summed E-state index contributed by atoms with van der Waals surface area (Å²) in [6.07, 6.45) is 1.89. The summed E-state index contributed by atoms with van der Waals surface area (Å²) in [7, 11) is 0. The summed E-state index contributed by atoms with van der Waals surface area (Å²) in [5, 5.41) is 0.720. The summed E-state index contributed by atoms with van der Waals surface area (Å²) in [6.45, 7) is 1.93. The van der Waals surface area contributed by atoms with E-state index in [1.165, 1.54) is 0 Å². The van der Waals surface area contributed by atoms with Crippen molar-refractivity contribution in [3.05, 3.63) is 47.1 Å². The van der Waals surface area contributed by atoms with Crippen LogP contribution in [0.1, 0.15) is 18.5 Å². The van der Waals surface area contributed by atoms with E-state index >= 15 is 0 Å². The SMILES string of the molecule is CC(N)c1ccc(-c2ccc[nH]2)cc1Cl. The Balaban J connectivity index is 2.42. The molecule has 3 heteroatoms. The Hall–Kier alpha value is -1.25. The molecule has 15 heavy (non-hydrogen) atoms. The van der Waals surface area contributed by atoms with Crippen LogP contribution in [-0.2, 0) is 0 Å². The van der Waals surface area contributed by atoms with Crippen LogP contribution in [0.15, 0.2) is 36.5 Å². The maximum atomic E-state index is 6.15. The second kappa shape index (κ2) is 4.09.